The second kappa shape index (κ2) is 20.6. The second-order valence-electron chi connectivity index (χ2n) is 3.41. The van der Waals surface area contributed by atoms with E-state index < -0.39 is 12.4 Å². The van der Waals surface area contributed by atoms with Crippen LogP contribution in [0.15, 0.2) is 0 Å². The first-order valence-electron chi connectivity index (χ1n) is 7.75. The molecule has 0 aliphatic heterocycles. The zero-order valence-electron chi connectivity index (χ0n) is 15.7. The first-order valence-corrected chi connectivity index (χ1v) is 13.5. The third-order valence-corrected chi connectivity index (χ3v) is 14.0. The van der Waals surface area contributed by atoms with Crippen molar-refractivity contribution in [2.24, 2.45) is 0 Å². The molecule has 0 unspecified atom stereocenters. The van der Waals surface area contributed by atoms with Crippen molar-refractivity contribution < 1.29 is 40.3 Å². The summed E-state index contributed by atoms with van der Waals surface area (Å²) >= 11 is 0.394. The summed E-state index contributed by atoms with van der Waals surface area (Å²) in [5, 5.41) is 0. The van der Waals surface area contributed by atoms with E-state index in [1.807, 2.05) is 41.5 Å². The van der Waals surface area contributed by atoms with Gasteiger partial charge in [0.2, 0.25) is 0 Å². The number of hydrogen-bond acceptors (Lipinski definition) is 8. The van der Waals surface area contributed by atoms with E-state index in [2.05, 4.69) is 0 Å². The molecular formula is C12H30FeN2O8P2-2. The summed E-state index contributed by atoms with van der Waals surface area (Å²) in [6.07, 6.45) is -5.06. The zero-order chi connectivity index (χ0) is 20.2. The molecular weight excluding hydrogens is 418 g/mol. The molecule has 0 amide bonds. The van der Waals surface area contributed by atoms with Gasteiger partial charge >= 0.3 is 134 Å². The molecule has 0 heterocycles. The Bertz CT molecular complexity index is 342. The zero-order valence-corrected chi connectivity index (χ0v) is 18.5. The van der Waals surface area contributed by atoms with Gasteiger partial charge in [-0.2, -0.15) is 0 Å². The van der Waals surface area contributed by atoms with E-state index in [0.29, 0.717) is 52.8 Å². The van der Waals surface area contributed by atoms with E-state index >= 15 is 0 Å². The first kappa shape index (κ1) is 30.1. The molecule has 0 saturated carbocycles. The molecule has 0 aliphatic carbocycles. The van der Waals surface area contributed by atoms with Crippen LogP contribution in [0.4, 0.5) is 0 Å². The van der Waals surface area contributed by atoms with Crippen molar-refractivity contribution >= 4 is 12.4 Å². The average Bonchev–Trinajstić information content (AvgIpc) is 2.60. The molecule has 0 aliphatic rings. The fourth-order valence-electron chi connectivity index (χ4n) is 1.36. The maximum Gasteiger partial charge on any atom is -0.423 e. The number of nitroso groups, excluding NO2 is 2. The Labute approximate surface area is 155 Å². The van der Waals surface area contributed by atoms with Crippen LogP contribution >= 0.6 is 12.4 Å². The van der Waals surface area contributed by atoms with Crippen LogP contribution in [0.1, 0.15) is 41.5 Å². The van der Waals surface area contributed by atoms with Crippen LogP contribution in [-0.4, -0.2) is 39.6 Å². The molecule has 0 aromatic rings. The Hall–Kier alpha value is 0.339. The summed E-state index contributed by atoms with van der Waals surface area (Å²) in [6, 6.07) is 0. The third kappa shape index (κ3) is 13.2. The molecule has 0 N–H and O–H groups in total. The topological polar surface area (TPSA) is 134 Å². The van der Waals surface area contributed by atoms with Gasteiger partial charge in [-0.05, 0) is 0 Å². The van der Waals surface area contributed by atoms with E-state index in [-0.39, 0.29) is 0 Å². The van der Waals surface area contributed by atoms with Gasteiger partial charge in [-0.15, -0.1) is 0 Å². The number of hydrogen-bond donors (Lipinski definition) is 0. The minimum absolute atomic E-state index is 0.394. The summed E-state index contributed by atoms with van der Waals surface area (Å²) in [6.45, 7) is 14.6. The fraction of sp³-hybridized carbons (Fsp3) is 1.00. The Balaban J connectivity index is -0.00000112. The second-order valence-corrected chi connectivity index (χ2v) is 12.8. The van der Waals surface area contributed by atoms with Crippen LogP contribution in [-0.2, 0) is 40.3 Å². The molecule has 0 spiro atoms. The van der Waals surface area contributed by atoms with Crippen molar-refractivity contribution in [1.29, 1.82) is 0 Å². The Kier molecular flexibility index (Phi) is 24.8. The van der Waals surface area contributed by atoms with Gasteiger partial charge in [0, 0.05) is 0 Å². The van der Waals surface area contributed by atoms with Crippen LogP contribution in [0, 0.1) is 9.81 Å². The van der Waals surface area contributed by atoms with E-state index in [9.17, 15) is 0 Å². The van der Waals surface area contributed by atoms with Gasteiger partial charge in [0.1, 0.15) is 0 Å². The van der Waals surface area contributed by atoms with Crippen LogP contribution in [0.3, 0.4) is 0 Å². The molecule has 156 valence electrons. The van der Waals surface area contributed by atoms with Crippen molar-refractivity contribution in [3.63, 3.8) is 0 Å². The molecule has 0 fully saturated rings. The largest absolute Gasteiger partial charge is 0.577 e. The monoisotopic (exact) mass is 448 g/mol. The van der Waals surface area contributed by atoms with E-state index in [4.69, 9.17) is 48.1 Å². The number of rotatable bonds is 12. The maximum absolute atomic E-state index is 7.25. The molecule has 0 atom stereocenters. The van der Waals surface area contributed by atoms with Crippen LogP contribution < -0.4 is 0 Å². The van der Waals surface area contributed by atoms with Crippen molar-refractivity contribution in [2.45, 2.75) is 41.5 Å². The van der Waals surface area contributed by atoms with Crippen molar-refractivity contribution in [3.8, 4) is 0 Å². The number of nitrogens with zero attached hydrogens (tertiary/aromatic N) is 2. The Morgan fingerprint density at radius 1 is 0.520 bits per heavy atom. The van der Waals surface area contributed by atoms with Gasteiger partial charge < -0.3 is 21.0 Å². The fourth-order valence-corrected chi connectivity index (χ4v) is 14.4. The van der Waals surface area contributed by atoms with Gasteiger partial charge in [-0.1, -0.05) is 0 Å². The summed E-state index contributed by atoms with van der Waals surface area (Å²) in [5.41, 5.74) is 11.5. The molecule has 0 radical (unpaired) electrons. The van der Waals surface area contributed by atoms with Gasteiger partial charge in [-0.25, -0.2) is 0 Å². The summed E-state index contributed by atoms with van der Waals surface area (Å²) in [4.78, 5) is 14.5. The predicted octanol–water partition coefficient (Wildman–Crippen LogP) is 5.29. The van der Waals surface area contributed by atoms with Crippen LogP contribution in [0.25, 0.3) is 11.2 Å². The van der Waals surface area contributed by atoms with Gasteiger partial charge in [0.05, 0.1) is 0 Å². The smallest absolute Gasteiger partial charge is 0.423 e. The molecule has 10 nitrogen and oxygen atoms in total. The summed E-state index contributed by atoms with van der Waals surface area (Å²) in [5.74, 6) is 0. The summed E-state index contributed by atoms with van der Waals surface area (Å²) < 4.78 is 35.2. The molecule has 0 bridgehead atoms. The standard InChI is InChI=1S/2C6H15O3P.Fe.2NO/c2*1-4-7-10(8-5-2)9-6-3;;2*1-2/h2*4-6H2,1-3H3;;;/q;;;2*-1. The summed E-state index contributed by atoms with van der Waals surface area (Å²) in [7, 11) is 0. The Morgan fingerprint density at radius 3 is 0.800 bits per heavy atom. The van der Waals surface area contributed by atoms with Crippen LogP contribution in [0.2, 0.25) is 0 Å². The normalized spacial score (nSPS) is 11.1. The molecule has 0 aromatic carbocycles. The predicted molar refractivity (Wildman–Crippen MR) is 97.0 cm³/mol. The van der Waals surface area contributed by atoms with Crippen LogP contribution in [0.5, 0.6) is 0 Å². The SMILES string of the molecule is CCO[P](OCC)(OCC)=[Fe]=[P](OCC)(OCC)OCC.[N-]=O.[N-]=O. The van der Waals surface area contributed by atoms with E-state index in [1.165, 1.54) is 0 Å². The quantitative estimate of drug-likeness (QED) is 0.291. The van der Waals surface area contributed by atoms with E-state index in [0.717, 1.165) is 0 Å². The van der Waals surface area contributed by atoms with Gasteiger partial charge in [0.15, 0.2) is 0 Å². The van der Waals surface area contributed by atoms with Gasteiger partial charge in [-0.3, -0.25) is 0 Å². The third-order valence-electron chi connectivity index (χ3n) is 1.85. The molecule has 0 aromatic heterocycles. The van der Waals surface area contributed by atoms with Gasteiger partial charge in [0.25, 0.3) is 0 Å². The van der Waals surface area contributed by atoms with Crippen molar-refractivity contribution in [3.05, 3.63) is 21.0 Å². The van der Waals surface area contributed by atoms with Crippen molar-refractivity contribution in [2.75, 3.05) is 39.6 Å². The average molecular weight is 448 g/mol. The molecule has 13 heteroatoms. The maximum atomic E-state index is 7.25. The Morgan fingerprint density at radius 2 is 0.680 bits per heavy atom. The molecule has 0 saturated heterocycles. The van der Waals surface area contributed by atoms with E-state index in [1.54, 1.807) is 0 Å². The molecule has 25 heavy (non-hydrogen) atoms. The van der Waals surface area contributed by atoms with Crippen molar-refractivity contribution in [1.82, 2.24) is 0 Å². The first-order chi connectivity index (χ1) is 12.1. The molecule has 0 rings (SSSR count). The minimum atomic E-state index is -2.53. The minimum Gasteiger partial charge on any atom is -0.577 e.